The lowest BCUT2D eigenvalue weighted by atomic mass is 10.2. The van der Waals surface area contributed by atoms with Crippen molar-refractivity contribution in [3.05, 3.63) is 58.1 Å². The summed E-state index contributed by atoms with van der Waals surface area (Å²) in [5, 5.41) is 17.4. The van der Waals surface area contributed by atoms with Gasteiger partial charge < -0.3 is 10.4 Å². The molecule has 0 fully saturated rings. The zero-order valence-electron chi connectivity index (χ0n) is 10.7. The van der Waals surface area contributed by atoms with Crippen molar-refractivity contribution >= 4 is 52.4 Å². The molecule has 0 radical (unpaired) electrons. The van der Waals surface area contributed by atoms with Crippen LogP contribution in [0.25, 0.3) is 0 Å². The number of anilines is 1. The first-order valence-corrected chi connectivity index (χ1v) is 7.05. The molecule has 7 heteroatoms. The van der Waals surface area contributed by atoms with Gasteiger partial charge >= 0.3 is 0 Å². The van der Waals surface area contributed by atoms with Crippen LogP contribution in [0.2, 0.25) is 10.0 Å². The van der Waals surface area contributed by atoms with Gasteiger partial charge in [-0.05, 0) is 60.2 Å². The van der Waals surface area contributed by atoms with Crippen molar-refractivity contribution in [3.8, 4) is 5.75 Å². The van der Waals surface area contributed by atoms with Gasteiger partial charge in [0.15, 0.2) is 5.11 Å². The van der Waals surface area contributed by atoms with Crippen molar-refractivity contribution in [2.75, 3.05) is 5.32 Å². The fourth-order valence-electron chi connectivity index (χ4n) is 1.47. The van der Waals surface area contributed by atoms with Crippen molar-refractivity contribution in [1.29, 1.82) is 0 Å². The first-order valence-electron chi connectivity index (χ1n) is 5.89. The van der Waals surface area contributed by atoms with Gasteiger partial charge in [-0.25, -0.2) is 0 Å². The molecule has 0 bridgehead atoms. The first kappa shape index (κ1) is 15.6. The lowest BCUT2D eigenvalue weighted by Crippen LogP contribution is -2.24. The Balaban J connectivity index is 1.91. The summed E-state index contributed by atoms with van der Waals surface area (Å²) in [7, 11) is 0. The lowest BCUT2D eigenvalue weighted by Gasteiger charge is -2.08. The third kappa shape index (κ3) is 4.90. The predicted molar refractivity (Wildman–Crippen MR) is 91.5 cm³/mol. The van der Waals surface area contributed by atoms with Crippen LogP contribution >= 0.6 is 35.4 Å². The van der Waals surface area contributed by atoms with E-state index in [0.29, 0.717) is 20.8 Å². The van der Waals surface area contributed by atoms with Crippen LogP contribution in [0.3, 0.4) is 0 Å². The van der Waals surface area contributed by atoms with Crippen LogP contribution in [-0.2, 0) is 0 Å². The summed E-state index contributed by atoms with van der Waals surface area (Å²) in [6, 6.07) is 11.7. The molecule has 0 aromatic heterocycles. The summed E-state index contributed by atoms with van der Waals surface area (Å²) < 4.78 is 0. The maximum absolute atomic E-state index is 9.17. The van der Waals surface area contributed by atoms with Gasteiger partial charge in [-0.3, -0.25) is 5.43 Å². The molecule has 0 saturated carbocycles. The molecule has 0 unspecified atom stereocenters. The van der Waals surface area contributed by atoms with Gasteiger partial charge in [0.1, 0.15) is 5.75 Å². The number of benzene rings is 2. The van der Waals surface area contributed by atoms with Crippen molar-refractivity contribution in [3.63, 3.8) is 0 Å². The molecule has 0 saturated heterocycles. The molecule has 0 aliphatic heterocycles. The van der Waals surface area contributed by atoms with E-state index in [9.17, 15) is 0 Å². The van der Waals surface area contributed by atoms with Gasteiger partial charge in [0, 0.05) is 5.02 Å². The monoisotopic (exact) mass is 339 g/mol. The van der Waals surface area contributed by atoms with Gasteiger partial charge in [0.25, 0.3) is 0 Å². The van der Waals surface area contributed by atoms with Crippen LogP contribution in [0.1, 0.15) is 5.56 Å². The third-order valence-corrected chi connectivity index (χ3v) is 3.19. The number of aromatic hydroxyl groups is 1. The highest BCUT2D eigenvalue weighted by Crippen LogP contribution is 2.25. The molecule has 108 valence electrons. The van der Waals surface area contributed by atoms with Crippen LogP contribution in [0.5, 0.6) is 5.75 Å². The van der Waals surface area contributed by atoms with Crippen molar-refractivity contribution < 1.29 is 5.11 Å². The molecule has 3 N–H and O–H groups in total. The predicted octanol–water partition coefficient (Wildman–Crippen LogP) is 4.02. The summed E-state index contributed by atoms with van der Waals surface area (Å²) in [6.45, 7) is 0. The summed E-state index contributed by atoms with van der Waals surface area (Å²) in [5.74, 6) is 0.203. The van der Waals surface area contributed by atoms with Gasteiger partial charge in [0.05, 0.1) is 16.9 Å². The van der Waals surface area contributed by atoms with Crippen molar-refractivity contribution in [2.45, 2.75) is 0 Å². The lowest BCUT2D eigenvalue weighted by molar-refractivity contribution is 0.475. The number of phenols is 1. The van der Waals surface area contributed by atoms with E-state index in [0.717, 1.165) is 5.56 Å². The highest BCUT2D eigenvalue weighted by molar-refractivity contribution is 7.80. The van der Waals surface area contributed by atoms with Crippen LogP contribution in [0.4, 0.5) is 5.69 Å². The Kier molecular flexibility index (Phi) is 5.38. The largest absolute Gasteiger partial charge is 0.508 e. The van der Waals surface area contributed by atoms with E-state index >= 15 is 0 Å². The second-order valence-corrected chi connectivity index (χ2v) is 5.29. The minimum absolute atomic E-state index is 0.203. The Labute approximate surface area is 137 Å². The molecule has 0 amide bonds. The summed E-state index contributed by atoms with van der Waals surface area (Å²) in [5.41, 5.74) is 4.14. The number of thiocarbonyl (C=S) groups is 1. The van der Waals surface area contributed by atoms with E-state index in [-0.39, 0.29) is 5.75 Å². The van der Waals surface area contributed by atoms with Gasteiger partial charge in [0.2, 0.25) is 0 Å². The standard InChI is InChI=1S/C14H11Cl2N3OS/c15-10-3-6-13(12(16)7-10)18-14(21)19-17-8-9-1-4-11(20)5-2-9/h1-8,20H,(H2,18,19,21)/b17-8+. The zero-order valence-corrected chi connectivity index (χ0v) is 13.0. The molecule has 0 spiro atoms. The Morgan fingerprint density at radius 1 is 1.14 bits per heavy atom. The van der Waals surface area contributed by atoms with Crippen molar-refractivity contribution in [1.82, 2.24) is 5.43 Å². The number of hydrogen-bond acceptors (Lipinski definition) is 3. The fourth-order valence-corrected chi connectivity index (χ4v) is 2.09. The fraction of sp³-hybridized carbons (Fsp3) is 0. The Bertz CT molecular complexity index is 674. The van der Waals surface area contributed by atoms with Crippen LogP contribution in [0.15, 0.2) is 47.6 Å². The number of phenolic OH excluding ortho intramolecular Hbond substituents is 1. The summed E-state index contributed by atoms with van der Waals surface area (Å²) in [4.78, 5) is 0. The number of nitrogens with zero attached hydrogens (tertiary/aromatic N) is 1. The summed E-state index contributed by atoms with van der Waals surface area (Å²) >= 11 is 16.9. The molecule has 0 atom stereocenters. The van der Waals surface area contributed by atoms with Gasteiger partial charge in [-0.1, -0.05) is 23.2 Å². The third-order valence-electron chi connectivity index (χ3n) is 2.45. The number of nitrogens with one attached hydrogen (secondary N) is 2. The summed E-state index contributed by atoms with van der Waals surface area (Å²) in [6.07, 6.45) is 1.58. The van der Waals surface area contributed by atoms with E-state index in [4.69, 9.17) is 40.5 Å². The topological polar surface area (TPSA) is 56.7 Å². The average Bonchev–Trinajstić information content (AvgIpc) is 2.44. The molecular formula is C14H11Cl2N3OS. The SMILES string of the molecule is Oc1ccc(/C=N/NC(=S)Nc2ccc(Cl)cc2Cl)cc1. The van der Waals surface area contributed by atoms with Gasteiger partial charge in [-0.15, -0.1) is 0 Å². The molecule has 0 heterocycles. The maximum atomic E-state index is 9.17. The second kappa shape index (κ2) is 7.26. The second-order valence-electron chi connectivity index (χ2n) is 4.04. The molecule has 2 aromatic rings. The number of hydrazone groups is 1. The molecule has 21 heavy (non-hydrogen) atoms. The minimum atomic E-state index is 0.203. The number of halogens is 2. The first-order chi connectivity index (χ1) is 10.0. The quantitative estimate of drug-likeness (QED) is 0.449. The maximum Gasteiger partial charge on any atom is 0.191 e. The minimum Gasteiger partial charge on any atom is -0.508 e. The van der Waals surface area contributed by atoms with E-state index < -0.39 is 0 Å². The van der Waals surface area contributed by atoms with Gasteiger partial charge in [-0.2, -0.15) is 5.10 Å². The normalized spacial score (nSPS) is 10.6. The Hall–Kier alpha value is -1.82. The molecule has 0 aliphatic rings. The highest BCUT2D eigenvalue weighted by Gasteiger charge is 2.02. The average molecular weight is 340 g/mol. The number of rotatable bonds is 3. The van der Waals surface area contributed by atoms with Crippen LogP contribution < -0.4 is 10.7 Å². The molecule has 0 aliphatic carbocycles. The Morgan fingerprint density at radius 2 is 1.86 bits per heavy atom. The molecular weight excluding hydrogens is 329 g/mol. The molecule has 2 aromatic carbocycles. The van der Waals surface area contributed by atoms with Crippen LogP contribution in [-0.4, -0.2) is 16.4 Å². The Morgan fingerprint density at radius 3 is 2.52 bits per heavy atom. The van der Waals surface area contributed by atoms with Crippen LogP contribution in [0, 0.1) is 0 Å². The molecule has 2 rings (SSSR count). The van der Waals surface area contributed by atoms with Crippen molar-refractivity contribution in [2.24, 2.45) is 5.10 Å². The smallest absolute Gasteiger partial charge is 0.191 e. The zero-order chi connectivity index (χ0) is 15.2. The highest BCUT2D eigenvalue weighted by atomic mass is 35.5. The van der Waals surface area contributed by atoms with E-state index in [1.807, 2.05) is 0 Å². The number of hydrogen-bond donors (Lipinski definition) is 3. The molecule has 4 nitrogen and oxygen atoms in total. The van der Waals surface area contributed by atoms with E-state index in [1.54, 1.807) is 48.7 Å². The van der Waals surface area contributed by atoms with E-state index in [1.165, 1.54) is 0 Å². The van der Waals surface area contributed by atoms with E-state index in [2.05, 4.69) is 15.8 Å².